The van der Waals surface area contributed by atoms with E-state index in [0.717, 1.165) is 69.9 Å². The van der Waals surface area contributed by atoms with E-state index in [1.165, 1.54) is 11.3 Å². The summed E-state index contributed by atoms with van der Waals surface area (Å²) in [6, 6.07) is 5.91. The molecule has 0 aromatic heterocycles. The molecular formula is C22H31ClF3N3O. The van der Waals surface area contributed by atoms with Crippen LogP contribution in [0.15, 0.2) is 18.2 Å². The molecule has 2 fully saturated rings. The van der Waals surface area contributed by atoms with Crippen LogP contribution < -0.4 is 10.2 Å². The zero-order valence-corrected chi connectivity index (χ0v) is 18.2. The van der Waals surface area contributed by atoms with Gasteiger partial charge in [0, 0.05) is 42.9 Å². The normalized spacial score (nSPS) is 23.4. The van der Waals surface area contributed by atoms with Crippen molar-refractivity contribution in [1.29, 1.82) is 0 Å². The lowest BCUT2D eigenvalue weighted by atomic mass is 9.84. The third-order valence-corrected chi connectivity index (χ3v) is 6.55. The highest BCUT2D eigenvalue weighted by Gasteiger charge is 2.32. The standard InChI is InChI=1S/C22H31ClF3N3O/c1-16-2-5-18(23)14-20(16)29-12-10-28(11-13-29)9-8-17-3-6-19(7-4-17)27-21(30)15-22(24,25)26/h2,5,14,17,19H,3-4,6-13,15H2,1H3,(H,27,30). The van der Waals surface area contributed by atoms with Gasteiger partial charge in [0.2, 0.25) is 5.91 Å². The van der Waals surface area contributed by atoms with E-state index in [1.807, 2.05) is 12.1 Å². The zero-order valence-electron chi connectivity index (χ0n) is 17.5. The van der Waals surface area contributed by atoms with E-state index in [1.54, 1.807) is 0 Å². The van der Waals surface area contributed by atoms with Crippen LogP contribution in [0.2, 0.25) is 5.02 Å². The molecule has 1 amide bonds. The van der Waals surface area contributed by atoms with Gasteiger partial charge < -0.3 is 10.2 Å². The van der Waals surface area contributed by atoms with E-state index < -0.39 is 18.5 Å². The van der Waals surface area contributed by atoms with Crippen LogP contribution in [0.3, 0.4) is 0 Å². The molecule has 1 aliphatic carbocycles. The number of halogens is 4. The monoisotopic (exact) mass is 445 g/mol. The van der Waals surface area contributed by atoms with Crippen LogP contribution in [-0.2, 0) is 4.79 Å². The number of piperazine rings is 1. The molecule has 0 radical (unpaired) electrons. The Morgan fingerprint density at radius 3 is 2.43 bits per heavy atom. The lowest BCUT2D eigenvalue weighted by molar-refractivity contribution is -0.154. The second-order valence-corrected chi connectivity index (χ2v) is 9.06. The van der Waals surface area contributed by atoms with Gasteiger partial charge in [-0.25, -0.2) is 0 Å². The Morgan fingerprint density at radius 2 is 1.80 bits per heavy atom. The van der Waals surface area contributed by atoms with Crippen LogP contribution in [0.1, 0.15) is 44.1 Å². The number of carbonyl (C=O) groups is 1. The van der Waals surface area contributed by atoms with Crippen molar-refractivity contribution in [2.75, 3.05) is 37.6 Å². The molecule has 8 heteroatoms. The first kappa shape index (κ1) is 23.2. The number of nitrogens with one attached hydrogen (secondary N) is 1. The summed E-state index contributed by atoms with van der Waals surface area (Å²) in [4.78, 5) is 16.3. The first-order valence-corrected chi connectivity index (χ1v) is 11.2. The molecule has 1 aromatic carbocycles. The molecule has 0 spiro atoms. The zero-order chi connectivity index (χ0) is 21.7. The molecule has 1 heterocycles. The third kappa shape index (κ3) is 7.05. The molecule has 2 aliphatic rings. The van der Waals surface area contributed by atoms with Crippen molar-refractivity contribution in [2.45, 2.75) is 57.7 Å². The van der Waals surface area contributed by atoms with Gasteiger partial charge in [-0.3, -0.25) is 9.69 Å². The Kier molecular flexibility index (Phi) is 7.91. The quantitative estimate of drug-likeness (QED) is 0.684. The predicted molar refractivity (Wildman–Crippen MR) is 114 cm³/mol. The number of hydrogen-bond donors (Lipinski definition) is 1. The Bertz CT molecular complexity index is 712. The molecule has 0 bridgehead atoms. The Morgan fingerprint density at radius 1 is 1.13 bits per heavy atom. The van der Waals surface area contributed by atoms with Crippen molar-refractivity contribution < 1.29 is 18.0 Å². The van der Waals surface area contributed by atoms with E-state index in [2.05, 4.69) is 28.1 Å². The highest BCUT2D eigenvalue weighted by Crippen LogP contribution is 2.29. The van der Waals surface area contributed by atoms with Gasteiger partial charge in [-0.15, -0.1) is 0 Å². The number of aryl methyl sites for hydroxylation is 1. The fourth-order valence-electron chi connectivity index (χ4n) is 4.56. The molecule has 1 saturated heterocycles. The largest absolute Gasteiger partial charge is 0.397 e. The molecule has 0 unspecified atom stereocenters. The van der Waals surface area contributed by atoms with Crippen LogP contribution in [0, 0.1) is 12.8 Å². The summed E-state index contributed by atoms with van der Waals surface area (Å²) in [5.74, 6) is -0.312. The minimum Gasteiger partial charge on any atom is -0.369 e. The van der Waals surface area contributed by atoms with Crippen LogP contribution in [0.25, 0.3) is 0 Å². The third-order valence-electron chi connectivity index (χ3n) is 6.31. The molecule has 1 aliphatic heterocycles. The topological polar surface area (TPSA) is 35.6 Å². The molecule has 168 valence electrons. The summed E-state index contributed by atoms with van der Waals surface area (Å²) in [7, 11) is 0. The number of anilines is 1. The van der Waals surface area contributed by atoms with Crippen molar-refractivity contribution in [3.05, 3.63) is 28.8 Å². The van der Waals surface area contributed by atoms with Crippen molar-refractivity contribution in [1.82, 2.24) is 10.2 Å². The molecule has 3 rings (SSSR count). The maximum absolute atomic E-state index is 12.3. The first-order valence-electron chi connectivity index (χ1n) is 10.8. The van der Waals surface area contributed by atoms with Crippen LogP contribution >= 0.6 is 11.6 Å². The van der Waals surface area contributed by atoms with Gasteiger partial charge in [0.05, 0.1) is 0 Å². The van der Waals surface area contributed by atoms with Crippen molar-refractivity contribution in [2.24, 2.45) is 5.92 Å². The van der Waals surface area contributed by atoms with Crippen molar-refractivity contribution >= 4 is 23.2 Å². The van der Waals surface area contributed by atoms with E-state index in [-0.39, 0.29) is 6.04 Å². The fourth-order valence-corrected chi connectivity index (χ4v) is 4.72. The number of benzene rings is 1. The molecule has 1 N–H and O–H groups in total. The van der Waals surface area contributed by atoms with Gasteiger partial charge in [-0.1, -0.05) is 17.7 Å². The van der Waals surface area contributed by atoms with Gasteiger partial charge >= 0.3 is 6.18 Å². The summed E-state index contributed by atoms with van der Waals surface area (Å²) in [6.07, 6.45) is -1.22. The minimum atomic E-state index is -4.43. The molecule has 1 aromatic rings. The number of carbonyl (C=O) groups excluding carboxylic acids is 1. The summed E-state index contributed by atoms with van der Waals surface area (Å²) >= 11 is 6.16. The molecule has 0 atom stereocenters. The van der Waals surface area contributed by atoms with Gasteiger partial charge in [-0.05, 0) is 69.2 Å². The van der Waals surface area contributed by atoms with Gasteiger partial charge in [0.25, 0.3) is 0 Å². The summed E-state index contributed by atoms with van der Waals surface area (Å²) in [5.41, 5.74) is 2.46. The van der Waals surface area contributed by atoms with E-state index in [4.69, 9.17) is 11.6 Å². The van der Waals surface area contributed by atoms with E-state index >= 15 is 0 Å². The maximum Gasteiger partial charge on any atom is 0.397 e. The maximum atomic E-state index is 12.3. The molecule has 1 saturated carbocycles. The number of amides is 1. The summed E-state index contributed by atoms with van der Waals surface area (Å²) in [5, 5.41) is 3.31. The van der Waals surface area contributed by atoms with Gasteiger partial charge in [-0.2, -0.15) is 13.2 Å². The van der Waals surface area contributed by atoms with E-state index in [0.29, 0.717) is 5.92 Å². The number of hydrogen-bond acceptors (Lipinski definition) is 3. The van der Waals surface area contributed by atoms with Crippen LogP contribution in [0.4, 0.5) is 18.9 Å². The fraction of sp³-hybridized carbons (Fsp3) is 0.682. The van der Waals surface area contributed by atoms with Crippen LogP contribution in [-0.4, -0.2) is 55.7 Å². The lowest BCUT2D eigenvalue weighted by Crippen LogP contribution is -2.47. The van der Waals surface area contributed by atoms with Gasteiger partial charge in [0.15, 0.2) is 0 Å². The SMILES string of the molecule is Cc1ccc(Cl)cc1N1CCN(CCC2CCC(NC(=O)CC(F)(F)F)CC2)CC1. The lowest BCUT2D eigenvalue weighted by Gasteiger charge is -2.38. The second-order valence-electron chi connectivity index (χ2n) is 8.63. The number of rotatable bonds is 6. The average Bonchev–Trinajstić information content (AvgIpc) is 2.68. The second kappa shape index (κ2) is 10.2. The highest BCUT2D eigenvalue weighted by atomic mass is 35.5. The Balaban J connectivity index is 1.34. The number of nitrogens with zero attached hydrogens (tertiary/aromatic N) is 2. The average molecular weight is 446 g/mol. The summed E-state index contributed by atoms with van der Waals surface area (Å²) in [6.45, 7) is 7.18. The van der Waals surface area contributed by atoms with E-state index in [9.17, 15) is 18.0 Å². The molecular weight excluding hydrogens is 415 g/mol. The Hall–Kier alpha value is -1.47. The molecule has 4 nitrogen and oxygen atoms in total. The van der Waals surface area contributed by atoms with Gasteiger partial charge in [0.1, 0.15) is 6.42 Å². The smallest absolute Gasteiger partial charge is 0.369 e. The summed E-state index contributed by atoms with van der Waals surface area (Å²) < 4.78 is 36.8. The van der Waals surface area contributed by atoms with Crippen molar-refractivity contribution in [3.8, 4) is 0 Å². The Labute approximate surface area is 181 Å². The predicted octanol–water partition coefficient (Wildman–Crippen LogP) is 4.79. The van der Waals surface area contributed by atoms with Crippen molar-refractivity contribution in [3.63, 3.8) is 0 Å². The molecule has 30 heavy (non-hydrogen) atoms. The first-order chi connectivity index (χ1) is 14.2. The minimum absolute atomic E-state index is 0.111. The highest BCUT2D eigenvalue weighted by molar-refractivity contribution is 6.30. The van der Waals surface area contributed by atoms with Crippen LogP contribution in [0.5, 0.6) is 0 Å². The number of alkyl halides is 3.